The molecule has 2 atom stereocenters. The van der Waals surface area contributed by atoms with Gasteiger partial charge >= 0.3 is 6.18 Å². The molecule has 1 aliphatic heterocycles. The minimum Gasteiger partial charge on any atom is -0.436 e. The van der Waals surface area contributed by atoms with Gasteiger partial charge in [0.2, 0.25) is 11.5 Å². The summed E-state index contributed by atoms with van der Waals surface area (Å²) in [6, 6.07) is 4.68. The van der Waals surface area contributed by atoms with E-state index in [9.17, 15) is 18.3 Å². The molecule has 0 aromatic carbocycles. The van der Waals surface area contributed by atoms with Crippen molar-refractivity contribution in [3.05, 3.63) is 42.1 Å². The SMILES string of the molecule is C=NCc1ccc(Oc2cc3n(n2)C[C@H](C)n2c-3cnc2C(C)(O)C(F)(F)F)cn1. The quantitative estimate of drug-likeness (QED) is 0.639. The van der Waals surface area contributed by atoms with E-state index in [1.165, 1.54) is 17.0 Å². The van der Waals surface area contributed by atoms with Gasteiger partial charge in [0.1, 0.15) is 5.75 Å². The molecule has 1 unspecified atom stereocenters. The Kier molecular flexibility index (Phi) is 4.64. The lowest BCUT2D eigenvalue weighted by molar-refractivity contribution is -0.262. The van der Waals surface area contributed by atoms with Crippen LogP contribution in [0.1, 0.15) is 31.4 Å². The van der Waals surface area contributed by atoms with Crippen LogP contribution < -0.4 is 4.74 Å². The van der Waals surface area contributed by atoms with Crippen molar-refractivity contribution in [2.45, 2.75) is 44.8 Å². The van der Waals surface area contributed by atoms with E-state index in [-0.39, 0.29) is 5.88 Å². The molecule has 11 heteroatoms. The first-order valence-electron chi connectivity index (χ1n) is 9.12. The number of nitrogens with zero attached hydrogens (tertiary/aromatic N) is 6. The van der Waals surface area contributed by atoms with Crippen LogP contribution in [0.4, 0.5) is 13.2 Å². The number of halogens is 3. The topological polar surface area (TPSA) is 90.3 Å². The molecule has 0 saturated heterocycles. The van der Waals surface area contributed by atoms with Crippen molar-refractivity contribution >= 4 is 6.72 Å². The molecule has 158 valence electrons. The van der Waals surface area contributed by atoms with Crippen molar-refractivity contribution in [1.82, 2.24) is 24.3 Å². The number of ether oxygens (including phenoxy) is 1. The van der Waals surface area contributed by atoms with Crippen molar-refractivity contribution in [1.29, 1.82) is 0 Å². The van der Waals surface area contributed by atoms with E-state index >= 15 is 0 Å². The third kappa shape index (κ3) is 3.24. The lowest BCUT2D eigenvalue weighted by Crippen LogP contribution is -2.42. The van der Waals surface area contributed by atoms with Crippen molar-refractivity contribution in [2.24, 2.45) is 4.99 Å². The molecular weight excluding hydrogens is 401 g/mol. The molecule has 30 heavy (non-hydrogen) atoms. The fourth-order valence-corrected chi connectivity index (χ4v) is 3.40. The summed E-state index contributed by atoms with van der Waals surface area (Å²) in [5.41, 5.74) is -1.38. The molecule has 0 fully saturated rings. The summed E-state index contributed by atoms with van der Waals surface area (Å²) in [7, 11) is 0. The summed E-state index contributed by atoms with van der Waals surface area (Å²) >= 11 is 0. The van der Waals surface area contributed by atoms with Crippen LogP contribution in [0, 0.1) is 0 Å². The Balaban J connectivity index is 1.67. The van der Waals surface area contributed by atoms with Crippen LogP contribution >= 0.6 is 0 Å². The van der Waals surface area contributed by atoms with Crippen molar-refractivity contribution in [3.8, 4) is 23.0 Å². The van der Waals surface area contributed by atoms with E-state index in [1.807, 2.05) is 0 Å². The summed E-state index contributed by atoms with van der Waals surface area (Å²) in [5, 5.41) is 14.5. The van der Waals surface area contributed by atoms with Gasteiger partial charge in [0.05, 0.1) is 48.6 Å². The first-order chi connectivity index (χ1) is 14.1. The highest BCUT2D eigenvalue weighted by Gasteiger charge is 2.55. The standard InChI is InChI=1S/C19H19F3N6O2/c1-11-10-27-14(15-9-25-17(28(11)15)18(2,29)19(20,21)22)6-16(26-27)30-13-5-4-12(7-23-3)24-8-13/h4-6,8-9,11,29H,3,7,10H2,1-2H3/t11-,18?/m0/s1. The van der Waals surface area contributed by atoms with E-state index in [2.05, 4.69) is 26.8 Å². The molecule has 8 nitrogen and oxygen atoms in total. The minimum atomic E-state index is -4.86. The highest BCUT2D eigenvalue weighted by Crippen LogP contribution is 2.42. The molecule has 4 rings (SSSR count). The van der Waals surface area contributed by atoms with Crippen LogP contribution in [0.25, 0.3) is 11.4 Å². The second kappa shape index (κ2) is 6.94. The van der Waals surface area contributed by atoms with E-state index in [1.54, 1.807) is 29.8 Å². The van der Waals surface area contributed by atoms with Gasteiger partial charge in [-0.3, -0.25) is 14.7 Å². The zero-order valence-electron chi connectivity index (χ0n) is 16.3. The van der Waals surface area contributed by atoms with Gasteiger partial charge in [-0.15, -0.1) is 5.10 Å². The van der Waals surface area contributed by atoms with Crippen LogP contribution in [0.5, 0.6) is 11.6 Å². The van der Waals surface area contributed by atoms with Crippen molar-refractivity contribution < 1.29 is 23.0 Å². The number of aliphatic hydroxyl groups is 1. The first-order valence-corrected chi connectivity index (χ1v) is 9.12. The van der Waals surface area contributed by atoms with Gasteiger partial charge in [-0.05, 0) is 32.7 Å². The lowest BCUT2D eigenvalue weighted by Gasteiger charge is -2.31. The maximum Gasteiger partial charge on any atom is 0.424 e. The van der Waals surface area contributed by atoms with Crippen LogP contribution in [0.2, 0.25) is 0 Å². The maximum absolute atomic E-state index is 13.4. The average molecular weight is 420 g/mol. The predicted octanol–water partition coefficient (Wildman–Crippen LogP) is 3.48. The molecule has 0 spiro atoms. The Hall–Kier alpha value is -3.21. The number of hydrogen-bond donors (Lipinski definition) is 1. The summed E-state index contributed by atoms with van der Waals surface area (Å²) in [6.45, 7) is 6.55. The minimum absolute atomic E-state index is 0.271. The summed E-state index contributed by atoms with van der Waals surface area (Å²) < 4.78 is 48.9. The van der Waals surface area contributed by atoms with E-state index in [0.29, 0.717) is 37.2 Å². The molecule has 3 aromatic rings. The maximum atomic E-state index is 13.4. The number of aliphatic imine (C=N–C) groups is 1. The lowest BCUT2D eigenvalue weighted by atomic mass is 10.0. The van der Waals surface area contributed by atoms with Gasteiger partial charge < -0.3 is 14.4 Å². The van der Waals surface area contributed by atoms with Gasteiger partial charge in [-0.2, -0.15) is 13.2 Å². The molecule has 0 saturated carbocycles. The largest absolute Gasteiger partial charge is 0.436 e. The zero-order chi connectivity index (χ0) is 21.7. The van der Waals surface area contributed by atoms with Crippen LogP contribution in [0.3, 0.4) is 0 Å². The molecule has 0 radical (unpaired) electrons. The molecule has 1 aliphatic rings. The number of aromatic nitrogens is 5. The molecule has 0 amide bonds. The predicted molar refractivity (Wildman–Crippen MR) is 101 cm³/mol. The zero-order valence-corrected chi connectivity index (χ0v) is 16.3. The Morgan fingerprint density at radius 3 is 2.67 bits per heavy atom. The summed E-state index contributed by atoms with van der Waals surface area (Å²) in [5.74, 6) is 0.274. The molecular formula is C19H19F3N6O2. The fraction of sp³-hybridized carbons (Fsp3) is 0.368. The number of rotatable bonds is 5. The Morgan fingerprint density at radius 1 is 1.27 bits per heavy atom. The second-order valence-electron chi connectivity index (χ2n) is 7.27. The molecule has 0 bridgehead atoms. The third-order valence-corrected chi connectivity index (χ3v) is 4.98. The normalized spacial score (nSPS) is 17.7. The van der Waals surface area contributed by atoms with Crippen LogP contribution in [-0.4, -0.2) is 42.3 Å². The average Bonchev–Trinajstić information content (AvgIpc) is 3.27. The van der Waals surface area contributed by atoms with Crippen LogP contribution in [0.15, 0.2) is 35.6 Å². The Morgan fingerprint density at radius 2 is 2.03 bits per heavy atom. The van der Waals surface area contributed by atoms with E-state index in [4.69, 9.17) is 4.74 Å². The summed E-state index contributed by atoms with van der Waals surface area (Å²) in [4.78, 5) is 11.9. The highest BCUT2D eigenvalue weighted by atomic mass is 19.4. The van der Waals surface area contributed by atoms with Crippen LogP contribution in [-0.2, 0) is 18.7 Å². The van der Waals surface area contributed by atoms with Crippen molar-refractivity contribution in [3.63, 3.8) is 0 Å². The smallest absolute Gasteiger partial charge is 0.424 e. The Bertz CT molecular complexity index is 1080. The number of pyridine rings is 1. The molecule has 1 N–H and O–H groups in total. The van der Waals surface area contributed by atoms with Gasteiger partial charge in [0.25, 0.3) is 0 Å². The van der Waals surface area contributed by atoms with Gasteiger partial charge in [0, 0.05) is 6.07 Å². The van der Waals surface area contributed by atoms with E-state index < -0.39 is 23.6 Å². The molecule has 0 aliphatic carbocycles. The number of fused-ring (bicyclic) bond motifs is 3. The fourth-order valence-electron chi connectivity index (χ4n) is 3.40. The first kappa shape index (κ1) is 20.1. The van der Waals surface area contributed by atoms with Gasteiger partial charge in [0.15, 0.2) is 5.82 Å². The molecule has 3 aromatic heterocycles. The van der Waals surface area contributed by atoms with E-state index in [0.717, 1.165) is 5.69 Å². The van der Waals surface area contributed by atoms with Crippen molar-refractivity contribution in [2.75, 3.05) is 0 Å². The second-order valence-corrected chi connectivity index (χ2v) is 7.27. The Labute approximate surface area is 169 Å². The summed E-state index contributed by atoms with van der Waals surface area (Å²) in [6.07, 6.45) is -2.02. The van der Waals surface area contributed by atoms with Gasteiger partial charge in [-0.1, -0.05) is 0 Å². The highest BCUT2D eigenvalue weighted by molar-refractivity contribution is 5.58. The third-order valence-electron chi connectivity index (χ3n) is 4.98. The number of alkyl halides is 3. The van der Waals surface area contributed by atoms with Gasteiger partial charge in [-0.25, -0.2) is 4.98 Å². The molecule has 4 heterocycles. The number of hydrogen-bond acceptors (Lipinski definition) is 6. The number of imidazole rings is 1. The monoisotopic (exact) mass is 420 g/mol.